The van der Waals surface area contributed by atoms with E-state index in [1.807, 2.05) is 26.2 Å². The van der Waals surface area contributed by atoms with E-state index in [-0.39, 0.29) is 0 Å². The van der Waals surface area contributed by atoms with Crippen LogP contribution in [0.3, 0.4) is 0 Å². The summed E-state index contributed by atoms with van der Waals surface area (Å²) < 4.78 is 0. The van der Waals surface area contributed by atoms with E-state index >= 15 is 0 Å². The van der Waals surface area contributed by atoms with E-state index < -0.39 is 0 Å². The van der Waals surface area contributed by atoms with Gasteiger partial charge in [-0.25, -0.2) is 19.9 Å². The third kappa shape index (κ3) is 5.24. The topological polar surface area (TPSA) is 101 Å². The number of aryl methyl sites for hydroxylation is 1. The number of thiazole rings is 1. The van der Waals surface area contributed by atoms with Crippen LogP contribution in [-0.4, -0.2) is 38.0 Å². The van der Waals surface area contributed by atoms with Gasteiger partial charge < -0.3 is 16.0 Å². The third-order valence-electron chi connectivity index (χ3n) is 4.85. The van der Waals surface area contributed by atoms with Crippen molar-refractivity contribution in [3.63, 3.8) is 0 Å². The fourth-order valence-electron chi connectivity index (χ4n) is 3.44. The number of aromatic nitrogens is 5. The zero-order valence-electron chi connectivity index (χ0n) is 16.8. The van der Waals surface area contributed by atoms with Crippen molar-refractivity contribution in [3.05, 3.63) is 36.0 Å². The summed E-state index contributed by atoms with van der Waals surface area (Å²) in [5, 5.41) is 10.5. The highest BCUT2D eigenvalue weighted by atomic mass is 32.1. The lowest BCUT2D eigenvalue weighted by Crippen LogP contribution is -2.23. The second-order valence-corrected chi connectivity index (χ2v) is 8.31. The molecule has 9 heteroatoms. The second kappa shape index (κ2) is 9.23. The van der Waals surface area contributed by atoms with Crippen LogP contribution < -0.4 is 16.0 Å². The van der Waals surface area contributed by atoms with Gasteiger partial charge in [-0.15, -0.1) is 0 Å². The summed E-state index contributed by atoms with van der Waals surface area (Å²) in [6, 6.07) is 2.47. The fourth-order valence-corrected chi connectivity index (χ4v) is 4.22. The maximum Gasteiger partial charge on any atom is 0.223 e. The maximum absolute atomic E-state index is 4.74. The summed E-state index contributed by atoms with van der Waals surface area (Å²) in [5.41, 5.74) is 2.73. The first-order chi connectivity index (χ1) is 14.2. The monoisotopic (exact) mass is 410 g/mol. The van der Waals surface area contributed by atoms with Crippen LogP contribution in [0.15, 0.2) is 24.7 Å². The minimum Gasteiger partial charge on any atom is -0.351 e. The maximum atomic E-state index is 4.74. The average Bonchev–Trinajstić information content (AvgIpc) is 3.19. The van der Waals surface area contributed by atoms with Gasteiger partial charge in [0, 0.05) is 24.5 Å². The molecule has 0 radical (unpaired) electrons. The largest absolute Gasteiger partial charge is 0.351 e. The Balaban J connectivity index is 1.46. The van der Waals surface area contributed by atoms with E-state index in [4.69, 9.17) is 4.98 Å². The highest BCUT2D eigenvalue weighted by molar-refractivity contribution is 7.18. The Labute approximate surface area is 174 Å². The number of nitrogens with one attached hydrogen (secondary N) is 3. The number of hydrogen-bond acceptors (Lipinski definition) is 9. The summed E-state index contributed by atoms with van der Waals surface area (Å²) >= 11 is 1.54. The molecule has 8 nitrogen and oxygen atoms in total. The zero-order valence-corrected chi connectivity index (χ0v) is 17.6. The van der Waals surface area contributed by atoms with Crippen molar-refractivity contribution in [3.8, 4) is 10.6 Å². The van der Waals surface area contributed by atoms with E-state index in [1.54, 1.807) is 12.4 Å². The molecule has 0 atom stereocenters. The second-order valence-electron chi connectivity index (χ2n) is 7.28. The van der Waals surface area contributed by atoms with E-state index in [0.717, 1.165) is 27.1 Å². The van der Waals surface area contributed by atoms with Crippen LogP contribution >= 0.6 is 11.3 Å². The summed E-state index contributed by atoms with van der Waals surface area (Å²) in [6.07, 6.45) is 11.6. The Morgan fingerprint density at radius 1 is 1.03 bits per heavy atom. The van der Waals surface area contributed by atoms with Gasteiger partial charge in [0.15, 0.2) is 10.9 Å². The molecule has 0 bridgehead atoms. The van der Waals surface area contributed by atoms with Crippen molar-refractivity contribution in [2.24, 2.45) is 0 Å². The number of rotatable bonds is 7. The van der Waals surface area contributed by atoms with Gasteiger partial charge in [-0.1, -0.05) is 30.6 Å². The van der Waals surface area contributed by atoms with Crippen LogP contribution in [-0.2, 0) is 6.54 Å². The summed E-state index contributed by atoms with van der Waals surface area (Å²) in [4.78, 5) is 23.5. The Bertz CT molecular complexity index is 934. The van der Waals surface area contributed by atoms with Crippen LogP contribution in [0.2, 0.25) is 0 Å². The van der Waals surface area contributed by atoms with Crippen molar-refractivity contribution in [2.75, 3.05) is 17.7 Å². The summed E-state index contributed by atoms with van der Waals surface area (Å²) in [6.45, 7) is 2.69. The third-order valence-corrected chi connectivity index (χ3v) is 5.78. The van der Waals surface area contributed by atoms with Gasteiger partial charge in [-0.3, -0.25) is 4.98 Å². The Morgan fingerprint density at radius 3 is 2.66 bits per heavy atom. The molecule has 1 saturated carbocycles. The first-order valence-corrected chi connectivity index (χ1v) is 10.8. The van der Waals surface area contributed by atoms with Crippen LogP contribution in [0.25, 0.3) is 10.6 Å². The highest BCUT2D eigenvalue weighted by Gasteiger charge is 2.15. The summed E-state index contributed by atoms with van der Waals surface area (Å²) in [5.74, 6) is 1.38. The quantitative estimate of drug-likeness (QED) is 0.539. The van der Waals surface area contributed by atoms with Gasteiger partial charge in [-0.05, 0) is 32.9 Å². The average molecular weight is 411 g/mol. The molecule has 0 aromatic carbocycles. The van der Waals surface area contributed by atoms with Crippen molar-refractivity contribution in [2.45, 2.75) is 51.6 Å². The van der Waals surface area contributed by atoms with Gasteiger partial charge in [0.05, 0.1) is 28.7 Å². The Hall–Kier alpha value is -2.65. The molecule has 152 valence electrons. The van der Waals surface area contributed by atoms with Gasteiger partial charge in [0.25, 0.3) is 0 Å². The van der Waals surface area contributed by atoms with E-state index in [2.05, 4.69) is 35.9 Å². The first kappa shape index (κ1) is 19.7. The van der Waals surface area contributed by atoms with E-state index in [9.17, 15) is 0 Å². The zero-order chi connectivity index (χ0) is 20.1. The first-order valence-electron chi connectivity index (χ1n) is 10.0. The highest BCUT2D eigenvalue weighted by Crippen LogP contribution is 2.30. The molecule has 1 aliphatic carbocycles. The molecule has 1 aliphatic rings. The molecule has 3 aromatic heterocycles. The van der Waals surface area contributed by atoms with Crippen LogP contribution in [0.5, 0.6) is 0 Å². The molecule has 3 heterocycles. The van der Waals surface area contributed by atoms with Crippen LogP contribution in [0.1, 0.15) is 43.5 Å². The smallest absolute Gasteiger partial charge is 0.223 e. The standard InChI is InChI=1S/C20H26N8S/c1-13-8-16(27-19(25-13)26-14-6-4-3-5-7-14)17-11-24-20(29-17)28-18-12-22-15(9-21-2)10-23-18/h8,10-12,14,21H,3-7,9H2,1-2H3,(H,23,24,28)(H,25,26,27). The molecule has 4 rings (SSSR count). The van der Waals surface area contributed by atoms with Gasteiger partial charge in [-0.2, -0.15) is 0 Å². The van der Waals surface area contributed by atoms with Gasteiger partial charge in [0.2, 0.25) is 5.95 Å². The fraction of sp³-hybridized carbons (Fsp3) is 0.450. The van der Waals surface area contributed by atoms with Crippen molar-refractivity contribution < 1.29 is 0 Å². The van der Waals surface area contributed by atoms with Gasteiger partial charge >= 0.3 is 0 Å². The lowest BCUT2D eigenvalue weighted by atomic mass is 9.96. The minimum atomic E-state index is 0.474. The number of nitrogens with zero attached hydrogens (tertiary/aromatic N) is 5. The van der Waals surface area contributed by atoms with E-state index in [1.165, 1.54) is 43.4 Å². The minimum absolute atomic E-state index is 0.474. The Kier molecular flexibility index (Phi) is 6.26. The molecule has 29 heavy (non-hydrogen) atoms. The van der Waals surface area contributed by atoms with Crippen LogP contribution in [0.4, 0.5) is 16.9 Å². The molecule has 0 aliphatic heterocycles. The lowest BCUT2D eigenvalue weighted by Gasteiger charge is -2.22. The molecular formula is C20H26N8S. The lowest BCUT2D eigenvalue weighted by molar-refractivity contribution is 0.461. The van der Waals surface area contributed by atoms with Crippen LogP contribution in [0, 0.1) is 6.92 Å². The summed E-state index contributed by atoms with van der Waals surface area (Å²) in [7, 11) is 1.88. The molecule has 3 N–H and O–H groups in total. The predicted octanol–water partition coefficient (Wildman–Crippen LogP) is 3.91. The molecular weight excluding hydrogens is 384 g/mol. The van der Waals surface area contributed by atoms with Crippen molar-refractivity contribution >= 4 is 28.2 Å². The van der Waals surface area contributed by atoms with Crippen molar-refractivity contribution in [1.29, 1.82) is 0 Å². The number of anilines is 3. The normalized spacial score (nSPS) is 14.7. The predicted molar refractivity (Wildman–Crippen MR) is 116 cm³/mol. The molecule has 3 aromatic rings. The molecule has 0 amide bonds. The molecule has 0 unspecified atom stereocenters. The van der Waals surface area contributed by atoms with Crippen molar-refractivity contribution in [1.82, 2.24) is 30.2 Å². The van der Waals surface area contributed by atoms with E-state index in [0.29, 0.717) is 24.4 Å². The molecule has 0 spiro atoms. The molecule has 0 saturated heterocycles. The number of hydrogen-bond donors (Lipinski definition) is 3. The Morgan fingerprint density at radius 2 is 1.90 bits per heavy atom. The van der Waals surface area contributed by atoms with Gasteiger partial charge in [0.1, 0.15) is 0 Å². The molecule has 1 fully saturated rings. The SMILES string of the molecule is CNCc1cnc(Nc2ncc(-c3cc(C)nc(NC4CCCCC4)n3)s2)cn1.